The fraction of sp³-hybridized carbons (Fsp3) is 0.238. The number of anilines is 3. The van der Waals surface area contributed by atoms with Gasteiger partial charge >= 0.3 is 5.69 Å². The van der Waals surface area contributed by atoms with Crippen molar-refractivity contribution in [2.75, 3.05) is 17.2 Å². The zero-order chi connectivity index (χ0) is 21.3. The summed E-state index contributed by atoms with van der Waals surface area (Å²) in [5.41, 5.74) is 1.35. The SMILES string of the molecule is CCCCOc1ccc(Nc2ncnc(NCc3ccc(Cl)cc3)c2[N+](=O)[O-])cc1. The van der Waals surface area contributed by atoms with Crippen molar-refractivity contribution < 1.29 is 9.66 Å². The van der Waals surface area contributed by atoms with Crippen LogP contribution in [0.25, 0.3) is 0 Å². The molecule has 0 saturated carbocycles. The van der Waals surface area contributed by atoms with Gasteiger partial charge in [0.15, 0.2) is 0 Å². The molecular formula is C21H22ClN5O3. The number of nitrogens with zero attached hydrogens (tertiary/aromatic N) is 3. The van der Waals surface area contributed by atoms with Crippen LogP contribution in [0.3, 0.4) is 0 Å². The molecule has 0 aliphatic heterocycles. The topological polar surface area (TPSA) is 102 Å². The molecule has 0 aliphatic rings. The monoisotopic (exact) mass is 427 g/mol. The molecule has 3 aromatic rings. The standard InChI is InChI=1S/C21H22ClN5O3/c1-2-3-12-30-18-10-8-17(9-11-18)26-21-19(27(28)29)20(24-14-25-21)23-13-15-4-6-16(22)7-5-15/h4-11,14H,2-3,12-13H2,1H3,(H2,23,24,25,26). The van der Waals surface area contributed by atoms with E-state index in [1.165, 1.54) is 6.33 Å². The van der Waals surface area contributed by atoms with Crippen LogP contribution in [0.5, 0.6) is 5.75 Å². The summed E-state index contributed by atoms with van der Waals surface area (Å²) in [4.78, 5) is 19.3. The average Bonchev–Trinajstić information content (AvgIpc) is 2.74. The Balaban J connectivity index is 1.73. The van der Waals surface area contributed by atoms with E-state index in [1.54, 1.807) is 24.3 Å². The highest BCUT2D eigenvalue weighted by molar-refractivity contribution is 6.30. The van der Waals surface area contributed by atoms with Crippen molar-refractivity contribution in [1.29, 1.82) is 0 Å². The van der Waals surface area contributed by atoms with E-state index in [-0.39, 0.29) is 17.3 Å². The van der Waals surface area contributed by atoms with Gasteiger partial charge < -0.3 is 15.4 Å². The smallest absolute Gasteiger partial charge is 0.353 e. The second-order valence-electron chi connectivity index (χ2n) is 6.51. The second kappa shape index (κ2) is 10.4. The number of halogens is 1. The zero-order valence-electron chi connectivity index (χ0n) is 16.5. The molecule has 0 bridgehead atoms. The van der Waals surface area contributed by atoms with Crippen LogP contribution in [0.4, 0.5) is 23.0 Å². The molecule has 0 spiro atoms. The highest BCUT2D eigenvalue weighted by atomic mass is 35.5. The maximum absolute atomic E-state index is 11.7. The van der Waals surface area contributed by atoms with Crippen molar-refractivity contribution in [3.05, 3.63) is 75.6 Å². The number of ether oxygens (including phenoxy) is 1. The number of aromatic nitrogens is 2. The van der Waals surface area contributed by atoms with E-state index in [2.05, 4.69) is 27.5 Å². The second-order valence-corrected chi connectivity index (χ2v) is 6.94. The Kier molecular flexibility index (Phi) is 7.40. The Labute approximate surface area is 179 Å². The van der Waals surface area contributed by atoms with Gasteiger partial charge in [-0.05, 0) is 48.4 Å². The number of nitro groups is 1. The molecule has 0 atom stereocenters. The van der Waals surface area contributed by atoms with Gasteiger partial charge in [0.1, 0.15) is 12.1 Å². The average molecular weight is 428 g/mol. The van der Waals surface area contributed by atoms with Crippen molar-refractivity contribution in [1.82, 2.24) is 9.97 Å². The molecule has 0 aliphatic carbocycles. The lowest BCUT2D eigenvalue weighted by Crippen LogP contribution is -2.08. The van der Waals surface area contributed by atoms with E-state index in [9.17, 15) is 10.1 Å². The number of benzene rings is 2. The molecule has 0 amide bonds. The zero-order valence-corrected chi connectivity index (χ0v) is 17.2. The molecule has 8 nitrogen and oxygen atoms in total. The van der Waals surface area contributed by atoms with Gasteiger partial charge in [-0.25, -0.2) is 9.97 Å². The minimum Gasteiger partial charge on any atom is -0.494 e. The third-order valence-electron chi connectivity index (χ3n) is 4.26. The Morgan fingerprint density at radius 3 is 2.43 bits per heavy atom. The predicted octanol–water partition coefficient (Wildman–Crippen LogP) is 5.57. The van der Waals surface area contributed by atoms with Crippen molar-refractivity contribution in [2.45, 2.75) is 26.3 Å². The van der Waals surface area contributed by atoms with Crippen LogP contribution in [0.1, 0.15) is 25.3 Å². The first-order valence-corrected chi connectivity index (χ1v) is 9.92. The van der Waals surface area contributed by atoms with Gasteiger partial charge in [0, 0.05) is 17.3 Å². The molecule has 2 aromatic carbocycles. The minimum atomic E-state index is -0.505. The number of hydrogen-bond acceptors (Lipinski definition) is 7. The number of nitrogens with one attached hydrogen (secondary N) is 2. The Hall–Kier alpha value is -3.39. The Morgan fingerprint density at radius 1 is 1.07 bits per heavy atom. The summed E-state index contributed by atoms with van der Waals surface area (Å²) < 4.78 is 5.63. The third-order valence-corrected chi connectivity index (χ3v) is 4.51. The Morgan fingerprint density at radius 2 is 1.77 bits per heavy atom. The fourth-order valence-electron chi connectivity index (χ4n) is 2.67. The largest absolute Gasteiger partial charge is 0.494 e. The van der Waals surface area contributed by atoms with Crippen molar-refractivity contribution >= 4 is 34.6 Å². The minimum absolute atomic E-state index is 0.105. The van der Waals surface area contributed by atoms with Crippen LogP contribution in [0.15, 0.2) is 54.9 Å². The van der Waals surface area contributed by atoms with E-state index in [4.69, 9.17) is 16.3 Å². The maximum Gasteiger partial charge on any atom is 0.353 e. The lowest BCUT2D eigenvalue weighted by molar-refractivity contribution is -0.383. The van der Waals surface area contributed by atoms with E-state index in [0.29, 0.717) is 23.9 Å². The lowest BCUT2D eigenvalue weighted by atomic mass is 10.2. The molecule has 1 aromatic heterocycles. The number of unbranched alkanes of at least 4 members (excludes halogenated alkanes) is 1. The highest BCUT2D eigenvalue weighted by Gasteiger charge is 2.23. The van der Waals surface area contributed by atoms with Gasteiger partial charge in [-0.3, -0.25) is 10.1 Å². The van der Waals surface area contributed by atoms with Gasteiger partial charge in [0.05, 0.1) is 11.5 Å². The quantitative estimate of drug-likeness (QED) is 0.247. The molecular weight excluding hydrogens is 406 g/mol. The summed E-state index contributed by atoms with van der Waals surface area (Å²) in [5, 5.41) is 18.3. The Bertz CT molecular complexity index is 981. The maximum atomic E-state index is 11.7. The molecule has 0 saturated heterocycles. The highest BCUT2D eigenvalue weighted by Crippen LogP contribution is 2.31. The van der Waals surface area contributed by atoms with Crippen LogP contribution in [0, 0.1) is 10.1 Å². The first-order valence-electron chi connectivity index (χ1n) is 9.54. The number of hydrogen-bond donors (Lipinski definition) is 2. The summed E-state index contributed by atoms with van der Waals surface area (Å²) >= 11 is 5.89. The fourth-order valence-corrected chi connectivity index (χ4v) is 2.79. The molecule has 30 heavy (non-hydrogen) atoms. The molecule has 0 radical (unpaired) electrons. The van der Waals surface area contributed by atoms with Gasteiger partial charge in [-0.2, -0.15) is 0 Å². The van der Waals surface area contributed by atoms with Gasteiger partial charge in [-0.15, -0.1) is 0 Å². The summed E-state index contributed by atoms with van der Waals surface area (Å²) in [6, 6.07) is 14.4. The van der Waals surface area contributed by atoms with Crippen molar-refractivity contribution in [3.63, 3.8) is 0 Å². The van der Waals surface area contributed by atoms with E-state index >= 15 is 0 Å². The predicted molar refractivity (Wildman–Crippen MR) is 118 cm³/mol. The van der Waals surface area contributed by atoms with E-state index < -0.39 is 4.92 Å². The summed E-state index contributed by atoms with van der Waals surface area (Å²) in [6.07, 6.45) is 3.33. The third kappa shape index (κ3) is 5.81. The van der Waals surface area contributed by atoms with Crippen molar-refractivity contribution in [2.24, 2.45) is 0 Å². The molecule has 2 N–H and O–H groups in total. The van der Waals surface area contributed by atoms with E-state index in [1.807, 2.05) is 24.3 Å². The molecule has 1 heterocycles. The molecule has 9 heteroatoms. The summed E-state index contributed by atoms with van der Waals surface area (Å²) in [6.45, 7) is 3.12. The normalized spacial score (nSPS) is 10.5. The molecule has 3 rings (SSSR count). The van der Waals surface area contributed by atoms with Crippen LogP contribution < -0.4 is 15.4 Å². The lowest BCUT2D eigenvalue weighted by Gasteiger charge is -2.11. The molecule has 156 valence electrons. The van der Waals surface area contributed by atoms with Gasteiger partial charge in [0.2, 0.25) is 11.6 Å². The van der Waals surface area contributed by atoms with Gasteiger partial charge in [0.25, 0.3) is 0 Å². The summed E-state index contributed by atoms with van der Waals surface area (Å²) in [7, 11) is 0. The molecule has 0 unspecified atom stereocenters. The summed E-state index contributed by atoms with van der Waals surface area (Å²) in [5.74, 6) is 0.983. The first-order chi connectivity index (χ1) is 14.6. The van der Waals surface area contributed by atoms with Crippen LogP contribution >= 0.6 is 11.6 Å². The van der Waals surface area contributed by atoms with Crippen molar-refractivity contribution in [3.8, 4) is 5.75 Å². The van der Waals surface area contributed by atoms with Crippen LogP contribution in [-0.4, -0.2) is 21.5 Å². The van der Waals surface area contributed by atoms with Gasteiger partial charge in [-0.1, -0.05) is 37.1 Å². The molecule has 0 fully saturated rings. The van der Waals surface area contributed by atoms with Crippen LogP contribution in [0.2, 0.25) is 5.02 Å². The van der Waals surface area contributed by atoms with Crippen LogP contribution in [-0.2, 0) is 6.54 Å². The van der Waals surface area contributed by atoms with E-state index in [0.717, 1.165) is 24.2 Å². The number of rotatable bonds is 10. The first kappa shape index (κ1) is 21.3.